The molecule has 0 bridgehead atoms. The molecule has 0 heterocycles. The van der Waals surface area contributed by atoms with Gasteiger partial charge in [0.25, 0.3) is 0 Å². The minimum atomic E-state index is -0.853. The normalized spacial score (nSPS) is 13.0. The second kappa shape index (κ2) is 7.55. The first-order valence-corrected chi connectivity index (χ1v) is 7.49. The van der Waals surface area contributed by atoms with E-state index in [1.54, 1.807) is 37.3 Å². The van der Waals surface area contributed by atoms with Crippen LogP contribution in [0.5, 0.6) is 0 Å². The third kappa shape index (κ3) is 3.75. The van der Waals surface area contributed by atoms with E-state index in [-0.39, 0.29) is 18.3 Å². The molecule has 2 aromatic carbocycles. The molecule has 0 aliphatic heterocycles. The Hall–Kier alpha value is -2.67. The van der Waals surface area contributed by atoms with E-state index in [4.69, 9.17) is 4.74 Å². The minimum absolute atomic E-state index is 0.246. The quantitative estimate of drug-likeness (QED) is 0.774. The highest BCUT2D eigenvalue weighted by Crippen LogP contribution is 2.28. The maximum Gasteiger partial charge on any atom is 0.323 e. The molecule has 0 fully saturated rings. The number of carbonyl (C=O) groups is 1. The summed E-state index contributed by atoms with van der Waals surface area (Å²) in [6.45, 7) is 3.76. The van der Waals surface area contributed by atoms with Gasteiger partial charge in [-0.1, -0.05) is 49.4 Å². The Kier molecular flexibility index (Phi) is 5.48. The van der Waals surface area contributed by atoms with Gasteiger partial charge < -0.3 is 4.74 Å². The second-order valence-electron chi connectivity index (χ2n) is 5.25. The van der Waals surface area contributed by atoms with Gasteiger partial charge in [-0.05, 0) is 24.1 Å². The zero-order valence-electron chi connectivity index (χ0n) is 13.1. The molecule has 0 amide bonds. The van der Waals surface area contributed by atoms with Gasteiger partial charge in [-0.25, -0.2) is 4.39 Å². The zero-order valence-corrected chi connectivity index (χ0v) is 13.1. The Balaban J connectivity index is 2.24. The van der Waals surface area contributed by atoms with E-state index in [0.717, 1.165) is 11.1 Å². The average Bonchev–Trinajstić information content (AvgIpc) is 2.56. The van der Waals surface area contributed by atoms with Crippen LogP contribution in [0.4, 0.5) is 4.39 Å². The number of rotatable bonds is 5. The summed E-state index contributed by atoms with van der Waals surface area (Å²) in [5, 5.41) is 9.22. The number of hydrogen-bond acceptors (Lipinski definition) is 3. The summed E-state index contributed by atoms with van der Waals surface area (Å²) < 4.78 is 18.7. The van der Waals surface area contributed by atoms with Crippen LogP contribution in [0.2, 0.25) is 0 Å². The molecule has 0 N–H and O–H groups in total. The van der Waals surface area contributed by atoms with Crippen LogP contribution in [-0.2, 0) is 9.53 Å². The van der Waals surface area contributed by atoms with Crippen molar-refractivity contribution in [3.8, 4) is 17.2 Å². The summed E-state index contributed by atoms with van der Waals surface area (Å²) in [6.07, 6.45) is 0. The molecule has 0 aliphatic carbocycles. The molecule has 0 saturated carbocycles. The largest absolute Gasteiger partial charge is 0.465 e. The summed E-state index contributed by atoms with van der Waals surface area (Å²) >= 11 is 0. The lowest BCUT2D eigenvalue weighted by Gasteiger charge is -2.17. The smallest absolute Gasteiger partial charge is 0.323 e. The van der Waals surface area contributed by atoms with E-state index in [1.165, 1.54) is 6.07 Å². The Bertz CT molecular complexity index is 719. The average molecular weight is 311 g/mol. The van der Waals surface area contributed by atoms with Crippen molar-refractivity contribution in [1.29, 1.82) is 5.26 Å². The van der Waals surface area contributed by atoms with Crippen LogP contribution in [0.15, 0.2) is 48.5 Å². The van der Waals surface area contributed by atoms with Crippen molar-refractivity contribution in [3.63, 3.8) is 0 Å². The third-order valence-corrected chi connectivity index (χ3v) is 3.80. The number of ether oxygens (including phenoxy) is 1. The number of benzene rings is 2. The summed E-state index contributed by atoms with van der Waals surface area (Å²) in [6, 6.07) is 15.8. The first kappa shape index (κ1) is 16.7. The van der Waals surface area contributed by atoms with Crippen LogP contribution in [-0.4, -0.2) is 12.6 Å². The molecule has 0 aromatic heterocycles. The molecule has 0 aliphatic rings. The fourth-order valence-electron chi connectivity index (χ4n) is 2.45. The van der Waals surface area contributed by atoms with Crippen molar-refractivity contribution in [2.45, 2.75) is 19.8 Å². The molecule has 2 atom stereocenters. The number of hydrogen-bond donors (Lipinski definition) is 0. The maximum atomic E-state index is 13.8. The zero-order chi connectivity index (χ0) is 16.8. The van der Waals surface area contributed by atoms with E-state index in [9.17, 15) is 14.4 Å². The van der Waals surface area contributed by atoms with Crippen molar-refractivity contribution in [3.05, 3.63) is 59.9 Å². The van der Waals surface area contributed by atoms with Gasteiger partial charge in [-0.2, -0.15) is 5.26 Å². The maximum absolute atomic E-state index is 13.8. The lowest BCUT2D eigenvalue weighted by atomic mass is 9.87. The van der Waals surface area contributed by atoms with Crippen LogP contribution in [0, 0.1) is 23.1 Å². The second-order valence-corrected chi connectivity index (χ2v) is 5.25. The van der Waals surface area contributed by atoms with Gasteiger partial charge in [0.05, 0.1) is 12.7 Å². The number of nitrogens with zero attached hydrogens (tertiary/aromatic N) is 1. The Labute approximate surface area is 135 Å². The van der Waals surface area contributed by atoms with Crippen LogP contribution < -0.4 is 0 Å². The summed E-state index contributed by atoms with van der Waals surface area (Å²) in [5.41, 5.74) is 2.11. The van der Waals surface area contributed by atoms with E-state index < -0.39 is 11.9 Å². The molecule has 3 nitrogen and oxygen atoms in total. The highest BCUT2D eigenvalue weighted by Gasteiger charge is 2.27. The van der Waals surface area contributed by atoms with Crippen LogP contribution in [0.3, 0.4) is 0 Å². The first-order chi connectivity index (χ1) is 11.1. The highest BCUT2D eigenvalue weighted by atomic mass is 19.1. The number of carbonyl (C=O) groups excluding carboxylic acids is 1. The van der Waals surface area contributed by atoms with Gasteiger partial charge in [0.2, 0.25) is 0 Å². The van der Waals surface area contributed by atoms with Crippen LogP contribution in [0.1, 0.15) is 25.3 Å². The third-order valence-electron chi connectivity index (χ3n) is 3.80. The van der Waals surface area contributed by atoms with Crippen molar-refractivity contribution < 1.29 is 13.9 Å². The Morgan fingerprint density at radius 2 is 1.87 bits per heavy atom. The van der Waals surface area contributed by atoms with Crippen molar-refractivity contribution >= 4 is 5.97 Å². The molecule has 2 rings (SSSR count). The standard InChI is InChI=1S/C19H18FNO2/c1-3-23-19(22)17(12-21)13(2)14-8-10-15(11-9-14)16-6-4-5-7-18(16)20/h4-11,13,17H,3H2,1-2H3. The fourth-order valence-corrected chi connectivity index (χ4v) is 2.45. The van der Waals surface area contributed by atoms with E-state index in [1.807, 2.05) is 25.1 Å². The number of halogens is 1. The molecule has 118 valence electrons. The summed E-state index contributed by atoms with van der Waals surface area (Å²) in [7, 11) is 0. The fraction of sp³-hybridized carbons (Fsp3) is 0.263. The summed E-state index contributed by atoms with van der Waals surface area (Å²) in [5.74, 6) is -1.95. The number of nitriles is 1. The van der Waals surface area contributed by atoms with Gasteiger partial charge >= 0.3 is 5.97 Å². The molecule has 2 unspecified atom stereocenters. The van der Waals surface area contributed by atoms with Gasteiger partial charge in [0.15, 0.2) is 5.92 Å². The van der Waals surface area contributed by atoms with E-state index >= 15 is 0 Å². The van der Waals surface area contributed by atoms with E-state index in [0.29, 0.717) is 5.56 Å². The Morgan fingerprint density at radius 1 is 1.22 bits per heavy atom. The number of esters is 1. The van der Waals surface area contributed by atoms with Gasteiger partial charge in [0.1, 0.15) is 5.82 Å². The predicted molar refractivity (Wildman–Crippen MR) is 86.0 cm³/mol. The lowest BCUT2D eigenvalue weighted by molar-refractivity contribution is -0.146. The van der Waals surface area contributed by atoms with Crippen molar-refractivity contribution in [2.75, 3.05) is 6.61 Å². The molecule has 0 saturated heterocycles. The molecular formula is C19H18FNO2. The molecule has 4 heteroatoms. The minimum Gasteiger partial charge on any atom is -0.465 e. The highest BCUT2D eigenvalue weighted by molar-refractivity contribution is 5.76. The topological polar surface area (TPSA) is 50.1 Å². The van der Waals surface area contributed by atoms with Crippen LogP contribution >= 0.6 is 0 Å². The van der Waals surface area contributed by atoms with Crippen molar-refractivity contribution in [1.82, 2.24) is 0 Å². The van der Waals surface area contributed by atoms with Crippen LogP contribution in [0.25, 0.3) is 11.1 Å². The van der Waals surface area contributed by atoms with Crippen molar-refractivity contribution in [2.24, 2.45) is 5.92 Å². The Morgan fingerprint density at radius 3 is 2.43 bits per heavy atom. The SMILES string of the molecule is CCOC(=O)C(C#N)C(C)c1ccc(-c2ccccc2F)cc1. The van der Waals surface area contributed by atoms with E-state index in [2.05, 4.69) is 0 Å². The molecule has 2 aromatic rings. The molecule has 23 heavy (non-hydrogen) atoms. The monoisotopic (exact) mass is 311 g/mol. The molecular weight excluding hydrogens is 293 g/mol. The van der Waals surface area contributed by atoms with Gasteiger partial charge in [-0.15, -0.1) is 0 Å². The van der Waals surface area contributed by atoms with Gasteiger partial charge in [0, 0.05) is 11.5 Å². The first-order valence-electron chi connectivity index (χ1n) is 7.49. The lowest BCUT2D eigenvalue weighted by Crippen LogP contribution is -2.21. The molecule has 0 radical (unpaired) electrons. The molecule has 0 spiro atoms. The predicted octanol–water partition coefficient (Wildman–Crippen LogP) is 4.30. The van der Waals surface area contributed by atoms with Gasteiger partial charge in [-0.3, -0.25) is 4.79 Å². The summed E-state index contributed by atoms with van der Waals surface area (Å²) in [4.78, 5) is 11.8.